The van der Waals surface area contributed by atoms with E-state index in [1.165, 1.54) is 0 Å². The van der Waals surface area contributed by atoms with E-state index in [4.69, 9.17) is 0 Å². The van der Waals surface area contributed by atoms with Gasteiger partial charge >= 0.3 is 0 Å². The van der Waals surface area contributed by atoms with Gasteiger partial charge in [-0.3, -0.25) is 4.79 Å². The van der Waals surface area contributed by atoms with Crippen LogP contribution in [0.5, 0.6) is 0 Å². The first-order valence-corrected chi connectivity index (χ1v) is 5.54. The zero-order chi connectivity index (χ0) is 10.7. The number of ketones is 1. The van der Waals surface area contributed by atoms with Crippen LogP contribution >= 0.6 is 11.3 Å². The molecular weight excluding hydrogens is 196 g/mol. The molecule has 0 amide bonds. The van der Waals surface area contributed by atoms with Crippen LogP contribution in [0.1, 0.15) is 36.1 Å². The molecule has 0 saturated heterocycles. The molecule has 0 unspecified atom stereocenters. The van der Waals surface area contributed by atoms with Crippen LogP contribution in [0.15, 0.2) is 0 Å². The highest BCUT2D eigenvalue weighted by Crippen LogP contribution is 2.25. The van der Waals surface area contributed by atoms with Gasteiger partial charge in [0.05, 0.1) is 0 Å². The molecule has 0 aliphatic rings. The highest BCUT2D eigenvalue weighted by Gasteiger charge is 2.14. The molecule has 0 fully saturated rings. The van der Waals surface area contributed by atoms with Crippen LogP contribution < -0.4 is 5.32 Å². The van der Waals surface area contributed by atoms with Crippen molar-refractivity contribution in [3.8, 4) is 0 Å². The molecule has 1 N–H and O–H groups in total. The lowest BCUT2D eigenvalue weighted by molar-refractivity contribution is 0.101. The van der Waals surface area contributed by atoms with Crippen LogP contribution in [0.3, 0.4) is 0 Å². The fourth-order valence-corrected chi connectivity index (χ4v) is 2.42. The number of hydrogen-bond acceptors (Lipinski definition) is 4. The molecule has 1 rings (SSSR count). The van der Waals surface area contributed by atoms with Crippen molar-refractivity contribution in [1.82, 2.24) is 4.98 Å². The number of thiazole rings is 1. The second kappa shape index (κ2) is 4.55. The Hall–Kier alpha value is -0.900. The molecule has 0 aromatic carbocycles. The van der Waals surface area contributed by atoms with E-state index in [0.29, 0.717) is 11.6 Å². The van der Waals surface area contributed by atoms with Crippen molar-refractivity contribution >= 4 is 22.3 Å². The van der Waals surface area contributed by atoms with Crippen LogP contribution in [0, 0.1) is 5.92 Å². The largest absolute Gasteiger partial charge is 0.365 e. The Balaban J connectivity index is 2.99. The van der Waals surface area contributed by atoms with Gasteiger partial charge in [0.25, 0.3) is 0 Å². The Kier molecular flexibility index (Phi) is 3.63. The molecule has 0 atom stereocenters. The van der Waals surface area contributed by atoms with Crippen LogP contribution in [0.2, 0.25) is 0 Å². The van der Waals surface area contributed by atoms with Gasteiger partial charge in [-0.2, -0.15) is 0 Å². The van der Waals surface area contributed by atoms with Gasteiger partial charge in [0.1, 0.15) is 5.69 Å². The first kappa shape index (κ1) is 11.2. The van der Waals surface area contributed by atoms with Crippen molar-refractivity contribution in [3.63, 3.8) is 0 Å². The number of hydrogen-bond donors (Lipinski definition) is 1. The predicted octanol–water partition coefficient (Wildman–Crippen LogP) is 2.59. The van der Waals surface area contributed by atoms with Crippen molar-refractivity contribution < 1.29 is 4.79 Å². The minimum atomic E-state index is 0.0541. The van der Waals surface area contributed by atoms with E-state index in [1.54, 1.807) is 18.3 Å². The van der Waals surface area contributed by atoms with Crippen LogP contribution in [-0.2, 0) is 6.42 Å². The molecule has 0 aliphatic carbocycles. The molecule has 1 aromatic heterocycles. The van der Waals surface area contributed by atoms with Gasteiger partial charge < -0.3 is 5.32 Å². The van der Waals surface area contributed by atoms with Gasteiger partial charge in [0, 0.05) is 18.8 Å². The maximum absolute atomic E-state index is 11.3. The van der Waals surface area contributed by atoms with E-state index in [0.717, 1.165) is 16.4 Å². The summed E-state index contributed by atoms with van der Waals surface area (Å²) in [6, 6.07) is 0. The van der Waals surface area contributed by atoms with E-state index in [2.05, 4.69) is 24.1 Å². The van der Waals surface area contributed by atoms with E-state index < -0.39 is 0 Å². The fraction of sp³-hybridized carbons (Fsp3) is 0.600. The summed E-state index contributed by atoms with van der Waals surface area (Å²) in [7, 11) is 1.82. The summed E-state index contributed by atoms with van der Waals surface area (Å²) >= 11 is 1.57. The lowest BCUT2D eigenvalue weighted by atomic mass is 10.1. The molecule has 0 radical (unpaired) electrons. The molecule has 14 heavy (non-hydrogen) atoms. The highest BCUT2D eigenvalue weighted by molar-refractivity contribution is 7.15. The quantitative estimate of drug-likeness (QED) is 0.780. The van der Waals surface area contributed by atoms with Crippen LogP contribution in [0.25, 0.3) is 0 Å². The van der Waals surface area contributed by atoms with E-state index >= 15 is 0 Å². The summed E-state index contributed by atoms with van der Waals surface area (Å²) in [5.74, 6) is 0.608. The first-order valence-electron chi connectivity index (χ1n) is 4.73. The number of Topliss-reactive ketones (excluding diaryl/α,β-unsaturated/α-hetero) is 1. The van der Waals surface area contributed by atoms with E-state index in [1.807, 2.05) is 7.05 Å². The number of carbonyl (C=O) groups is 1. The monoisotopic (exact) mass is 212 g/mol. The summed E-state index contributed by atoms with van der Waals surface area (Å²) in [6.07, 6.45) is 0.925. The van der Waals surface area contributed by atoms with Gasteiger partial charge in [0.2, 0.25) is 0 Å². The molecule has 1 aromatic rings. The highest BCUT2D eigenvalue weighted by atomic mass is 32.1. The summed E-state index contributed by atoms with van der Waals surface area (Å²) in [5.41, 5.74) is 0.632. The third-order valence-electron chi connectivity index (χ3n) is 1.84. The number of nitrogens with one attached hydrogen (secondary N) is 1. The smallest absolute Gasteiger partial charge is 0.183 e. The molecule has 0 spiro atoms. The van der Waals surface area contributed by atoms with Gasteiger partial charge in [0.15, 0.2) is 10.9 Å². The van der Waals surface area contributed by atoms with Gasteiger partial charge in [-0.1, -0.05) is 13.8 Å². The Morgan fingerprint density at radius 3 is 2.64 bits per heavy atom. The third-order valence-corrected chi connectivity index (χ3v) is 2.93. The molecule has 1 heterocycles. The second-order valence-electron chi connectivity index (χ2n) is 3.69. The predicted molar refractivity (Wildman–Crippen MR) is 60.2 cm³/mol. The van der Waals surface area contributed by atoms with Crippen LogP contribution in [-0.4, -0.2) is 17.8 Å². The number of anilines is 1. The minimum absolute atomic E-state index is 0.0541. The maximum atomic E-state index is 11.3. The average molecular weight is 212 g/mol. The number of rotatable bonds is 4. The Labute approximate surface area is 88.6 Å². The van der Waals surface area contributed by atoms with E-state index in [-0.39, 0.29) is 5.78 Å². The average Bonchev–Trinajstić information content (AvgIpc) is 2.46. The minimum Gasteiger partial charge on any atom is -0.365 e. The molecule has 78 valence electrons. The molecule has 0 saturated carbocycles. The second-order valence-corrected chi connectivity index (χ2v) is 4.78. The lowest BCUT2D eigenvalue weighted by Gasteiger charge is -2.01. The Morgan fingerprint density at radius 2 is 2.21 bits per heavy atom. The van der Waals surface area contributed by atoms with Gasteiger partial charge in [-0.05, 0) is 12.3 Å². The Bertz CT molecular complexity index is 331. The summed E-state index contributed by atoms with van der Waals surface area (Å²) < 4.78 is 0. The summed E-state index contributed by atoms with van der Waals surface area (Å²) in [5, 5.41) is 3.80. The zero-order valence-corrected chi connectivity index (χ0v) is 9.86. The topological polar surface area (TPSA) is 42.0 Å². The first-order chi connectivity index (χ1) is 6.54. The number of nitrogens with zero attached hydrogens (tertiary/aromatic N) is 1. The van der Waals surface area contributed by atoms with Crippen molar-refractivity contribution in [2.24, 2.45) is 5.92 Å². The SMILES string of the molecule is CNc1nc(C(C)=O)c(CC(C)C)s1. The summed E-state index contributed by atoms with van der Waals surface area (Å²) in [4.78, 5) is 16.6. The molecule has 3 nitrogen and oxygen atoms in total. The lowest BCUT2D eigenvalue weighted by Crippen LogP contribution is -2.01. The standard InChI is InChI=1S/C10H16N2OS/c1-6(2)5-8-9(7(3)13)12-10(11-4)14-8/h6H,5H2,1-4H3,(H,11,12). The summed E-state index contributed by atoms with van der Waals surface area (Å²) in [6.45, 7) is 5.85. The van der Waals surface area contributed by atoms with Gasteiger partial charge in [-0.15, -0.1) is 11.3 Å². The number of aromatic nitrogens is 1. The third kappa shape index (κ3) is 2.54. The van der Waals surface area contributed by atoms with E-state index in [9.17, 15) is 4.79 Å². The van der Waals surface area contributed by atoms with Gasteiger partial charge in [-0.25, -0.2) is 4.98 Å². The molecule has 0 aliphatic heterocycles. The molecule has 4 heteroatoms. The van der Waals surface area contributed by atoms with Crippen molar-refractivity contribution in [2.45, 2.75) is 27.2 Å². The van der Waals surface area contributed by atoms with Crippen LogP contribution in [0.4, 0.5) is 5.13 Å². The zero-order valence-electron chi connectivity index (χ0n) is 9.05. The normalized spacial score (nSPS) is 10.6. The number of carbonyl (C=O) groups excluding carboxylic acids is 1. The Morgan fingerprint density at radius 1 is 1.57 bits per heavy atom. The molecular formula is C10H16N2OS. The fourth-order valence-electron chi connectivity index (χ4n) is 1.24. The molecule has 0 bridgehead atoms. The van der Waals surface area contributed by atoms with Crippen molar-refractivity contribution in [1.29, 1.82) is 0 Å². The van der Waals surface area contributed by atoms with Crippen molar-refractivity contribution in [3.05, 3.63) is 10.6 Å². The maximum Gasteiger partial charge on any atom is 0.183 e. The van der Waals surface area contributed by atoms with Crippen molar-refractivity contribution in [2.75, 3.05) is 12.4 Å².